The van der Waals surface area contributed by atoms with E-state index in [1.165, 1.54) is 5.56 Å². The number of nitrogens with zero attached hydrogens (tertiary/aromatic N) is 1. The molecule has 0 radical (unpaired) electrons. The van der Waals surface area contributed by atoms with Crippen LogP contribution in [0.4, 0.5) is 0 Å². The summed E-state index contributed by atoms with van der Waals surface area (Å²) in [6, 6.07) is 2.17. The van der Waals surface area contributed by atoms with Gasteiger partial charge in [-0.2, -0.15) is 0 Å². The highest BCUT2D eigenvalue weighted by molar-refractivity contribution is 5.20. The third-order valence-corrected chi connectivity index (χ3v) is 3.01. The summed E-state index contributed by atoms with van der Waals surface area (Å²) in [7, 11) is 2.13. The van der Waals surface area contributed by atoms with Gasteiger partial charge in [0.25, 0.3) is 0 Å². The fourth-order valence-electron chi connectivity index (χ4n) is 1.95. The Hall–Kier alpha value is -1.06. The first-order valence-corrected chi connectivity index (χ1v) is 6.75. The average Bonchev–Trinajstić information content (AvgIpc) is 2.67. The van der Waals surface area contributed by atoms with Crippen molar-refractivity contribution < 1.29 is 4.42 Å². The van der Waals surface area contributed by atoms with Crippen molar-refractivity contribution in [2.24, 2.45) is 0 Å². The molecule has 0 aromatic carbocycles. The highest BCUT2D eigenvalue weighted by Crippen LogP contribution is 2.16. The monoisotopic (exact) mass is 250 g/mol. The lowest BCUT2D eigenvalue weighted by molar-refractivity contribution is 0.289. The summed E-state index contributed by atoms with van der Waals surface area (Å²) in [6.45, 7) is 11.7. The van der Waals surface area contributed by atoms with Gasteiger partial charge in [0.1, 0.15) is 11.5 Å². The molecular formula is C15H26N2O. The van der Waals surface area contributed by atoms with Gasteiger partial charge in [0.2, 0.25) is 0 Å². The average molecular weight is 250 g/mol. The number of hydrogen-bond donors (Lipinski definition) is 1. The highest BCUT2D eigenvalue weighted by atomic mass is 16.3. The lowest BCUT2D eigenvalue weighted by Crippen LogP contribution is -2.18. The van der Waals surface area contributed by atoms with Gasteiger partial charge in [0.05, 0.1) is 6.54 Å². The molecule has 0 amide bonds. The van der Waals surface area contributed by atoms with Gasteiger partial charge in [-0.3, -0.25) is 4.90 Å². The molecule has 0 saturated carbocycles. The number of nitrogens with one attached hydrogen (secondary N) is 1. The molecule has 0 aliphatic heterocycles. The minimum Gasteiger partial charge on any atom is -0.465 e. The van der Waals surface area contributed by atoms with E-state index in [0.717, 1.165) is 50.5 Å². The smallest absolute Gasteiger partial charge is 0.118 e. The van der Waals surface area contributed by atoms with Crippen LogP contribution in [0, 0.1) is 6.92 Å². The Morgan fingerprint density at radius 1 is 1.50 bits per heavy atom. The van der Waals surface area contributed by atoms with Crippen molar-refractivity contribution in [3.8, 4) is 0 Å². The topological polar surface area (TPSA) is 28.4 Å². The van der Waals surface area contributed by atoms with Crippen LogP contribution in [0.3, 0.4) is 0 Å². The fourth-order valence-corrected chi connectivity index (χ4v) is 1.95. The molecule has 18 heavy (non-hydrogen) atoms. The number of rotatable bonds is 9. The Morgan fingerprint density at radius 2 is 2.28 bits per heavy atom. The molecule has 1 heterocycles. The first-order valence-electron chi connectivity index (χ1n) is 6.75. The first kappa shape index (κ1) is 15.0. The van der Waals surface area contributed by atoms with Gasteiger partial charge in [-0.15, -0.1) is 6.58 Å². The largest absolute Gasteiger partial charge is 0.465 e. The molecule has 0 unspecified atom stereocenters. The van der Waals surface area contributed by atoms with E-state index in [4.69, 9.17) is 4.42 Å². The van der Waals surface area contributed by atoms with Gasteiger partial charge >= 0.3 is 0 Å². The van der Waals surface area contributed by atoms with Crippen molar-refractivity contribution in [3.05, 3.63) is 35.8 Å². The SMILES string of the molecule is C=CCCCN(C)Cc1cc(CNCC)c(C)o1. The normalized spacial score (nSPS) is 11.1. The van der Waals surface area contributed by atoms with Crippen molar-refractivity contribution in [3.63, 3.8) is 0 Å². The van der Waals surface area contributed by atoms with Crippen LogP contribution in [0.5, 0.6) is 0 Å². The molecule has 1 aromatic rings. The molecular weight excluding hydrogens is 224 g/mol. The highest BCUT2D eigenvalue weighted by Gasteiger charge is 2.08. The van der Waals surface area contributed by atoms with E-state index in [9.17, 15) is 0 Å². The molecule has 102 valence electrons. The molecule has 1 aromatic heterocycles. The second-order valence-electron chi connectivity index (χ2n) is 4.74. The Balaban J connectivity index is 2.43. The standard InChI is InChI=1S/C15H26N2O/c1-5-7-8-9-17(4)12-15-10-14(11-16-6-2)13(3)18-15/h5,10,16H,1,6-9,11-12H2,2-4H3. The molecule has 0 aliphatic carbocycles. The molecule has 0 bridgehead atoms. The van der Waals surface area contributed by atoms with Crippen LogP contribution in [-0.2, 0) is 13.1 Å². The van der Waals surface area contributed by atoms with Crippen molar-refractivity contribution in [2.45, 2.75) is 39.8 Å². The van der Waals surface area contributed by atoms with Crippen LogP contribution in [-0.4, -0.2) is 25.0 Å². The van der Waals surface area contributed by atoms with E-state index in [1.807, 2.05) is 13.0 Å². The summed E-state index contributed by atoms with van der Waals surface area (Å²) in [4.78, 5) is 2.29. The maximum absolute atomic E-state index is 5.79. The van der Waals surface area contributed by atoms with Gasteiger partial charge in [0.15, 0.2) is 0 Å². The maximum Gasteiger partial charge on any atom is 0.118 e. The van der Waals surface area contributed by atoms with Crippen molar-refractivity contribution in [2.75, 3.05) is 20.1 Å². The van der Waals surface area contributed by atoms with E-state index in [0.29, 0.717) is 0 Å². The molecule has 0 atom stereocenters. The maximum atomic E-state index is 5.79. The molecule has 0 saturated heterocycles. The molecule has 3 nitrogen and oxygen atoms in total. The van der Waals surface area contributed by atoms with Gasteiger partial charge < -0.3 is 9.73 Å². The van der Waals surface area contributed by atoms with Crippen LogP contribution in [0.25, 0.3) is 0 Å². The minimum absolute atomic E-state index is 0.879. The number of unbranched alkanes of at least 4 members (excludes halogenated alkanes) is 1. The van der Waals surface area contributed by atoms with Crippen LogP contribution < -0.4 is 5.32 Å². The predicted molar refractivity (Wildman–Crippen MR) is 76.6 cm³/mol. The van der Waals surface area contributed by atoms with Crippen LogP contribution in [0.2, 0.25) is 0 Å². The molecule has 1 N–H and O–H groups in total. The van der Waals surface area contributed by atoms with Gasteiger partial charge in [-0.25, -0.2) is 0 Å². The second kappa shape index (κ2) is 8.11. The summed E-state index contributed by atoms with van der Waals surface area (Å²) in [5.74, 6) is 2.09. The second-order valence-corrected chi connectivity index (χ2v) is 4.74. The van der Waals surface area contributed by atoms with E-state index in [2.05, 4.69) is 36.8 Å². The van der Waals surface area contributed by atoms with E-state index < -0.39 is 0 Å². The predicted octanol–water partition coefficient (Wildman–Crippen LogP) is 3.10. The van der Waals surface area contributed by atoms with Crippen LogP contribution >= 0.6 is 0 Å². The first-order chi connectivity index (χ1) is 8.67. The van der Waals surface area contributed by atoms with Gasteiger partial charge in [-0.05, 0) is 46.0 Å². The lowest BCUT2D eigenvalue weighted by Gasteiger charge is -2.13. The van der Waals surface area contributed by atoms with Gasteiger partial charge in [0, 0.05) is 12.1 Å². The number of aryl methyl sites for hydroxylation is 1. The Morgan fingerprint density at radius 3 is 2.94 bits per heavy atom. The number of furan rings is 1. The third kappa shape index (κ3) is 5.07. The molecule has 0 aliphatic rings. The zero-order valence-electron chi connectivity index (χ0n) is 12.0. The summed E-state index contributed by atoms with van der Waals surface area (Å²) in [5.41, 5.74) is 1.27. The van der Waals surface area contributed by atoms with Crippen LogP contribution in [0.1, 0.15) is 36.8 Å². The fraction of sp³-hybridized carbons (Fsp3) is 0.600. The van der Waals surface area contributed by atoms with Crippen molar-refractivity contribution >= 4 is 0 Å². The number of hydrogen-bond acceptors (Lipinski definition) is 3. The van der Waals surface area contributed by atoms with E-state index in [-0.39, 0.29) is 0 Å². The number of allylic oxidation sites excluding steroid dienone is 1. The molecule has 1 rings (SSSR count). The van der Waals surface area contributed by atoms with Gasteiger partial charge in [-0.1, -0.05) is 13.0 Å². The van der Waals surface area contributed by atoms with Crippen molar-refractivity contribution in [1.82, 2.24) is 10.2 Å². The van der Waals surface area contributed by atoms with E-state index >= 15 is 0 Å². The zero-order chi connectivity index (χ0) is 13.4. The van der Waals surface area contributed by atoms with Crippen LogP contribution in [0.15, 0.2) is 23.1 Å². The summed E-state index contributed by atoms with van der Waals surface area (Å²) >= 11 is 0. The lowest BCUT2D eigenvalue weighted by atomic mass is 10.2. The molecule has 0 fully saturated rings. The minimum atomic E-state index is 0.879. The third-order valence-electron chi connectivity index (χ3n) is 3.01. The Bertz CT molecular complexity index is 357. The summed E-state index contributed by atoms with van der Waals surface area (Å²) < 4.78 is 5.79. The zero-order valence-corrected chi connectivity index (χ0v) is 12.0. The molecule has 3 heteroatoms. The van der Waals surface area contributed by atoms with E-state index in [1.54, 1.807) is 0 Å². The molecule has 0 spiro atoms. The summed E-state index contributed by atoms with van der Waals surface area (Å²) in [5, 5.41) is 3.33. The quantitative estimate of drug-likeness (QED) is 0.539. The Kier molecular flexibility index (Phi) is 6.76. The summed E-state index contributed by atoms with van der Waals surface area (Å²) in [6.07, 6.45) is 4.20. The van der Waals surface area contributed by atoms with Crippen molar-refractivity contribution in [1.29, 1.82) is 0 Å². The Labute approximate surface area is 111 Å².